The van der Waals surface area contributed by atoms with Gasteiger partial charge in [0.25, 0.3) is 0 Å². The maximum Gasteiger partial charge on any atom is 0.136 e. The van der Waals surface area contributed by atoms with E-state index in [1.807, 2.05) is 12.3 Å². The van der Waals surface area contributed by atoms with Crippen molar-refractivity contribution in [1.82, 2.24) is 0 Å². The van der Waals surface area contributed by atoms with Crippen molar-refractivity contribution < 1.29 is 4.74 Å². The predicted octanol–water partition coefficient (Wildman–Crippen LogP) is 7.41. The van der Waals surface area contributed by atoms with Gasteiger partial charge in [0.15, 0.2) is 0 Å². The van der Waals surface area contributed by atoms with E-state index in [-0.39, 0.29) is 6.10 Å². The SMILES string of the molecule is CC(C)CCCC(C)N=Cc1cccc(-c2ccccc2)c1OC(C)C(C)C. The minimum atomic E-state index is 0.139. The van der Waals surface area contributed by atoms with Crippen molar-refractivity contribution in [2.75, 3.05) is 0 Å². The van der Waals surface area contributed by atoms with Gasteiger partial charge < -0.3 is 4.74 Å². The lowest BCUT2D eigenvalue weighted by atomic mass is 10.0. The van der Waals surface area contributed by atoms with Gasteiger partial charge in [-0.15, -0.1) is 0 Å². The highest BCUT2D eigenvalue weighted by molar-refractivity contribution is 5.89. The summed E-state index contributed by atoms with van der Waals surface area (Å²) in [5, 5.41) is 0. The molecule has 2 rings (SSSR count). The van der Waals surface area contributed by atoms with Gasteiger partial charge >= 0.3 is 0 Å². The molecular weight excluding hydrogens is 342 g/mol. The van der Waals surface area contributed by atoms with E-state index in [9.17, 15) is 0 Å². The lowest BCUT2D eigenvalue weighted by molar-refractivity contribution is 0.171. The molecule has 152 valence electrons. The summed E-state index contributed by atoms with van der Waals surface area (Å²) < 4.78 is 6.45. The van der Waals surface area contributed by atoms with Crippen LogP contribution in [0.1, 0.15) is 66.4 Å². The van der Waals surface area contributed by atoms with E-state index in [2.05, 4.69) is 84.0 Å². The van der Waals surface area contributed by atoms with Crippen LogP contribution < -0.4 is 4.74 Å². The van der Waals surface area contributed by atoms with E-state index < -0.39 is 0 Å². The van der Waals surface area contributed by atoms with Crippen molar-refractivity contribution >= 4 is 6.21 Å². The van der Waals surface area contributed by atoms with Crippen LogP contribution in [0, 0.1) is 11.8 Å². The van der Waals surface area contributed by atoms with Crippen LogP contribution in [-0.4, -0.2) is 18.4 Å². The average Bonchev–Trinajstić information content (AvgIpc) is 2.67. The highest BCUT2D eigenvalue weighted by atomic mass is 16.5. The molecule has 0 heterocycles. The van der Waals surface area contributed by atoms with Crippen LogP contribution in [0.15, 0.2) is 53.5 Å². The number of hydrogen-bond donors (Lipinski definition) is 0. The summed E-state index contributed by atoms with van der Waals surface area (Å²) in [5.74, 6) is 2.15. The Morgan fingerprint density at radius 3 is 2.21 bits per heavy atom. The first-order chi connectivity index (χ1) is 13.4. The number of hydrogen-bond acceptors (Lipinski definition) is 2. The Labute approximate surface area is 172 Å². The Hall–Kier alpha value is -2.09. The van der Waals surface area contributed by atoms with Crippen LogP contribution >= 0.6 is 0 Å². The number of aliphatic imine (C=N–C) groups is 1. The van der Waals surface area contributed by atoms with Gasteiger partial charge in [-0.25, -0.2) is 0 Å². The number of para-hydroxylation sites is 1. The summed E-state index contributed by atoms with van der Waals surface area (Å²) in [6, 6.07) is 17.1. The third-order valence-electron chi connectivity index (χ3n) is 5.24. The van der Waals surface area contributed by atoms with Gasteiger partial charge in [-0.05, 0) is 43.7 Å². The topological polar surface area (TPSA) is 21.6 Å². The van der Waals surface area contributed by atoms with E-state index in [0.29, 0.717) is 12.0 Å². The summed E-state index contributed by atoms with van der Waals surface area (Å²) in [6.07, 6.45) is 5.78. The zero-order chi connectivity index (χ0) is 20.5. The van der Waals surface area contributed by atoms with Crippen LogP contribution in [-0.2, 0) is 0 Å². The van der Waals surface area contributed by atoms with E-state index in [4.69, 9.17) is 9.73 Å². The maximum atomic E-state index is 6.45. The standard InChI is InChI=1S/C26H37NO/c1-19(2)12-10-13-21(5)27-18-24-16-11-17-25(23-14-8-7-9-15-23)26(24)28-22(6)20(3)4/h7-9,11,14-22H,10,12-13H2,1-6H3. The van der Waals surface area contributed by atoms with E-state index in [0.717, 1.165) is 29.2 Å². The zero-order valence-electron chi connectivity index (χ0n) is 18.5. The molecule has 0 aliphatic rings. The average molecular weight is 380 g/mol. The smallest absolute Gasteiger partial charge is 0.136 e. The third-order valence-corrected chi connectivity index (χ3v) is 5.24. The number of nitrogens with zero attached hydrogens (tertiary/aromatic N) is 1. The monoisotopic (exact) mass is 379 g/mol. The third kappa shape index (κ3) is 6.82. The van der Waals surface area contributed by atoms with Crippen molar-refractivity contribution in [3.8, 4) is 16.9 Å². The molecule has 0 fully saturated rings. The zero-order valence-corrected chi connectivity index (χ0v) is 18.5. The molecule has 2 aromatic carbocycles. The van der Waals surface area contributed by atoms with Crippen LogP contribution in [0.2, 0.25) is 0 Å². The van der Waals surface area contributed by atoms with Crippen molar-refractivity contribution in [3.63, 3.8) is 0 Å². The molecule has 2 nitrogen and oxygen atoms in total. The van der Waals surface area contributed by atoms with Crippen LogP contribution in [0.3, 0.4) is 0 Å². The second-order valence-electron chi connectivity index (χ2n) is 8.61. The van der Waals surface area contributed by atoms with Gasteiger partial charge in [0.1, 0.15) is 5.75 Å². The fourth-order valence-corrected chi connectivity index (χ4v) is 3.06. The summed E-state index contributed by atoms with van der Waals surface area (Å²) >= 11 is 0. The molecule has 2 heteroatoms. The normalized spacial score (nSPS) is 14.0. The van der Waals surface area contributed by atoms with E-state index in [1.54, 1.807) is 0 Å². The molecule has 0 aliphatic carbocycles. The van der Waals surface area contributed by atoms with Gasteiger partial charge in [-0.3, -0.25) is 4.99 Å². The van der Waals surface area contributed by atoms with Crippen molar-refractivity contribution in [1.29, 1.82) is 0 Å². The van der Waals surface area contributed by atoms with Crippen molar-refractivity contribution in [2.45, 2.75) is 73.0 Å². The molecule has 0 saturated heterocycles. The van der Waals surface area contributed by atoms with Gasteiger partial charge in [-0.2, -0.15) is 0 Å². The fourth-order valence-electron chi connectivity index (χ4n) is 3.06. The second-order valence-corrected chi connectivity index (χ2v) is 8.61. The summed E-state index contributed by atoms with van der Waals surface area (Å²) in [7, 11) is 0. The fraction of sp³-hybridized carbons (Fsp3) is 0.500. The predicted molar refractivity (Wildman–Crippen MR) is 123 cm³/mol. The number of benzene rings is 2. The summed E-state index contributed by atoms with van der Waals surface area (Å²) in [4.78, 5) is 4.83. The first kappa shape index (κ1) is 22.2. The second kappa shape index (κ2) is 11.0. The molecule has 0 saturated carbocycles. The number of rotatable bonds is 10. The lowest BCUT2D eigenvalue weighted by Gasteiger charge is -2.22. The van der Waals surface area contributed by atoms with Gasteiger partial charge in [0.05, 0.1) is 6.10 Å². The molecule has 0 spiro atoms. The molecular formula is C26H37NO. The first-order valence-corrected chi connectivity index (χ1v) is 10.8. The molecule has 2 unspecified atom stereocenters. The largest absolute Gasteiger partial charge is 0.489 e. The van der Waals surface area contributed by atoms with Gasteiger partial charge in [0, 0.05) is 23.4 Å². The minimum Gasteiger partial charge on any atom is -0.489 e. The van der Waals surface area contributed by atoms with Crippen LogP contribution in [0.5, 0.6) is 5.75 Å². The molecule has 0 amide bonds. The number of ether oxygens (including phenoxy) is 1. The minimum absolute atomic E-state index is 0.139. The molecule has 28 heavy (non-hydrogen) atoms. The first-order valence-electron chi connectivity index (χ1n) is 10.8. The molecule has 2 aromatic rings. The Morgan fingerprint density at radius 2 is 1.57 bits per heavy atom. The van der Waals surface area contributed by atoms with Crippen molar-refractivity contribution in [2.24, 2.45) is 16.8 Å². The van der Waals surface area contributed by atoms with Gasteiger partial charge in [0.2, 0.25) is 0 Å². The summed E-state index contributed by atoms with van der Waals surface area (Å²) in [5.41, 5.74) is 3.36. The molecule has 0 radical (unpaired) electrons. The van der Waals surface area contributed by atoms with E-state index in [1.165, 1.54) is 18.4 Å². The molecule has 0 N–H and O–H groups in total. The highest BCUT2D eigenvalue weighted by Crippen LogP contribution is 2.34. The van der Waals surface area contributed by atoms with Gasteiger partial charge in [-0.1, -0.05) is 83.0 Å². The Kier molecular flexibility index (Phi) is 8.76. The lowest BCUT2D eigenvalue weighted by Crippen LogP contribution is -2.20. The summed E-state index contributed by atoms with van der Waals surface area (Å²) in [6.45, 7) is 13.3. The Morgan fingerprint density at radius 1 is 0.857 bits per heavy atom. The molecule has 2 atom stereocenters. The highest BCUT2D eigenvalue weighted by Gasteiger charge is 2.16. The Bertz CT molecular complexity index is 733. The molecule has 0 bridgehead atoms. The maximum absolute atomic E-state index is 6.45. The van der Waals surface area contributed by atoms with Crippen molar-refractivity contribution in [3.05, 3.63) is 54.1 Å². The molecule has 0 aliphatic heterocycles. The quantitative estimate of drug-likeness (QED) is 0.394. The molecule has 0 aromatic heterocycles. The van der Waals surface area contributed by atoms with Crippen LogP contribution in [0.25, 0.3) is 11.1 Å². The Balaban J connectivity index is 2.28. The van der Waals surface area contributed by atoms with Crippen LogP contribution in [0.4, 0.5) is 0 Å². The van der Waals surface area contributed by atoms with E-state index >= 15 is 0 Å².